The first-order valence-corrected chi connectivity index (χ1v) is 7.04. The molecule has 21 heavy (non-hydrogen) atoms. The molecule has 0 aliphatic heterocycles. The molecule has 1 saturated carbocycles. The summed E-state index contributed by atoms with van der Waals surface area (Å²) < 4.78 is 20.4. The third kappa shape index (κ3) is 2.79. The summed E-state index contributed by atoms with van der Waals surface area (Å²) in [7, 11) is 0. The summed E-state index contributed by atoms with van der Waals surface area (Å²) in [6.07, 6.45) is 1.99. The number of hydrogen-bond donors (Lipinski definition) is 0. The van der Waals surface area contributed by atoms with Crippen molar-refractivity contribution in [3.8, 4) is 0 Å². The van der Waals surface area contributed by atoms with Crippen LogP contribution >= 0.6 is 0 Å². The Kier molecular flexibility index (Phi) is 3.68. The van der Waals surface area contributed by atoms with Crippen LogP contribution in [0, 0.1) is 5.82 Å². The summed E-state index contributed by atoms with van der Waals surface area (Å²) in [6, 6.07) is 6.54. The van der Waals surface area contributed by atoms with Crippen molar-refractivity contribution >= 4 is 5.97 Å². The summed E-state index contributed by atoms with van der Waals surface area (Å²) in [5.74, 6) is -0.474. The Labute approximate surface area is 121 Å². The second-order valence-electron chi connectivity index (χ2n) is 5.07. The first-order chi connectivity index (χ1) is 10.2. The molecule has 2 aromatic rings. The average Bonchev–Trinajstić information content (AvgIpc) is 3.22. The van der Waals surface area contributed by atoms with Gasteiger partial charge in [-0.15, -0.1) is 5.10 Å². The van der Waals surface area contributed by atoms with E-state index < -0.39 is 5.97 Å². The monoisotopic (exact) mass is 289 g/mol. The highest BCUT2D eigenvalue weighted by molar-refractivity contribution is 5.88. The quantitative estimate of drug-likeness (QED) is 0.794. The van der Waals surface area contributed by atoms with E-state index in [1.54, 1.807) is 29.8 Å². The highest BCUT2D eigenvalue weighted by Crippen LogP contribution is 2.41. The van der Waals surface area contributed by atoms with E-state index in [1.807, 2.05) is 0 Å². The number of hydrogen-bond acceptors (Lipinski definition) is 4. The summed E-state index contributed by atoms with van der Waals surface area (Å²) >= 11 is 0. The SMILES string of the molecule is CCOC(=O)c1nnn(Cc2ccccc2F)c1C1CC1. The van der Waals surface area contributed by atoms with Gasteiger partial charge in [0.25, 0.3) is 0 Å². The number of esters is 1. The Morgan fingerprint density at radius 2 is 2.19 bits per heavy atom. The smallest absolute Gasteiger partial charge is 0.360 e. The standard InChI is InChI=1S/C15H16FN3O2/c1-2-21-15(20)13-14(10-7-8-10)19(18-17-13)9-11-5-3-4-6-12(11)16/h3-6,10H,2,7-9H2,1H3. The van der Waals surface area contributed by atoms with Gasteiger partial charge >= 0.3 is 5.97 Å². The second kappa shape index (κ2) is 5.63. The molecule has 1 aromatic heterocycles. The molecule has 1 heterocycles. The maximum Gasteiger partial charge on any atom is 0.360 e. The number of rotatable bonds is 5. The lowest BCUT2D eigenvalue weighted by atomic mass is 10.2. The van der Waals surface area contributed by atoms with Crippen LogP contribution in [-0.4, -0.2) is 27.6 Å². The summed E-state index contributed by atoms with van der Waals surface area (Å²) in [5, 5.41) is 7.95. The van der Waals surface area contributed by atoms with Gasteiger partial charge in [0.2, 0.25) is 0 Å². The van der Waals surface area contributed by atoms with Crippen LogP contribution in [-0.2, 0) is 11.3 Å². The first kappa shape index (κ1) is 13.7. The van der Waals surface area contributed by atoms with Crippen LogP contribution in [0.4, 0.5) is 4.39 Å². The molecule has 110 valence electrons. The van der Waals surface area contributed by atoms with Gasteiger partial charge in [-0.25, -0.2) is 13.9 Å². The van der Waals surface area contributed by atoms with Gasteiger partial charge in [0.15, 0.2) is 5.69 Å². The van der Waals surface area contributed by atoms with Crippen LogP contribution in [0.25, 0.3) is 0 Å². The number of benzene rings is 1. The van der Waals surface area contributed by atoms with Gasteiger partial charge in [-0.3, -0.25) is 0 Å². The maximum absolute atomic E-state index is 13.8. The predicted octanol–water partition coefficient (Wildman–Crippen LogP) is 2.52. The van der Waals surface area contributed by atoms with Crippen LogP contribution in [0.15, 0.2) is 24.3 Å². The van der Waals surface area contributed by atoms with E-state index in [9.17, 15) is 9.18 Å². The molecule has 0 N–H and O–H groups in total. The van der Waals surface area contributed by atoms with Crippen molar-refractivity contribution in [3.05, 3.63) is 47.0 Å². The maximum atomic E-state index is 13.8. The van der Waals surface area contributed by atoms with E-state index >= 15 is 0 Å². The summed E-state index contributed by atoms with van der Waals surface area (Å²) in [4.78, 5) is 11.9. The van der Waals surface area contributed by atoms with E-state index in [0.29, 0.717) is 12.2 Å². The van der Waals surface area contributed by atoms with E-state index in [0.717, 1.165) is 18.5 Å². The zero-order valence-corrected chi connectivity index (χ0v) is 11.8. The van der Waals surface area contributed by atoms with Crippen molar-refractivity contribution in [2.24, 2.45) is 0 Å². The van der Waals surface area contributed by atoms with E-state index in [4.69, 9.17) is 4.74 Å². The molecule has 0 spiro atoms. The molecule has 5 nitrogen and oxygen atoms in total. The molecule has 0 bridgehead atoms. The molecule has 1 fully saturated rings. The topological polar surface area (TPSA) is 57.0 Å². The summed E-state index contributed by atoms with van der Waals surface area (Å²) in [6.45, 7) is 2.31. The number of carbonyl (C=O) groups excluding carboxylic acids is 1. The van der Waals surface area contributed by atoms with Crippen molar-refractivity contribution in [1.82, 2.24) is 15.0 Å². The lowest BCUT2D eigenvalue weighted by molar-refractivity contribution is 0.0518. The van der Waals surface area contributed by atoms with E-state index in [2.05, 4.69) is 10.3 Å². The zero-order valence-electron chi connectivity index (χ0n) is 11.8. The van der Waals surface area contributed by atoms with Crippen molar-refractivity contribution in [1.29, 1.82) is 0 Å². The average molecular weight is 289 g/mol. The van der Waals surface area contributed by atoms with Gasteiger partial charge in [-0.2, -0.15) is 0 Å². The highest BCUT2D eigenvalue weighted by Gasteiger charge is 2.34. The fourth-order valence-electron chi connectivity index (χ4n) is 2.33. The molecule has 0 unspecified atom stereocenters. The van der Waals surface area contributed by atoms with Crippen molar-refractivity contribution in [2.45, 2.75) is 32.2 Å². The van der Waals surface area contributed by atoms with Gasteiger partial charge in [0, 0.05) is 11.5 Å². The number of nitrogens with zero attached hydrogens (tertiary/aromatic N) is 3. The molecule has 0 atom stereocenters. The predicted molar refractivity (Wildman–Crippen MR) is 73.5 cm³/mol. The minimum Gasteiger partial charge on any atom is -0.461 e. The molecule has 1 aromatic carbocycles. The number of carbonyl (C=O) groups is 1. The van der Waals surface area contributed by atoms with Crippen molar-refractivity contribution in [2.75, 3.05) is 6.61 Å². The molecule has 1 aliphatic carbocycles. The van der Waals surface area contributed by atoms with Crippen molar-refractivity contribution in [3.63, 3.8) is 0 Å². The Morgan fingerprint density at radius 1 is 1.43 bits per heavy atom. The molecular formula is C15H16FN3O2. The van der Waals surface area contributed by atoms with Crippen LogP contribution in [0.1, 0.15) is 47.4 Å². The van der Waals surface area contributed by atoms with E-state index in [1.165, 1.54) is 6.07 Å². The largest absolute Gasteiger partial charge is 0.461 e. The fraction of sp³-hybridized carbons (Fsp3) is 0.400. The third-order valence-electron chi connectivity index (χ3n) is 3.48. The Bertz CT molecular complexity index is 665. The van der Waals surface area contributed by atoms with Crippen molar-refractivity contribution < 1.29 is 13.9 Å². The normalized spacial score (nSPS) is 14.2. The minimum absolute atomic E-state index is 0.260. The van der Waals surface area contributed by atoms with Crippen LogP contribution in [0.3, 0.4) is 0 Å². The van der Waals surface area contributed by atoms with Gasteiger partial charge in [-0.1, -0.05) is 23.4 Å². The molecular weight excluding hydrogens is 273 g/mol. The lowest BCUT2D eigenvalue weighted by Crippen LogP contribution is -2.11. The molecule has 1 aliphatic rings. The van der Waals surface area contributed by atoms with Gasteiger partial charge < -0.3 is 4.74 Å². The Balaban J connectivity index is 1.92. The summed E-state index contributed by atoms with van der Waals surface area (Å²) in [5.41, 5.74) is 1.55. The van der Waals surface area contributed by atoms with Crippen LogP contribution in [0.5, 0.6) is 0 Å². The van der Waals surface area contributed by atoms with Crippen LogP contribution < -0.4 is 0 Å². The number of halogens is 1. The molecule has 0 amide bonds. The molecule has 0 saturated heterocycles. The second-order valence-corrected chi connectivity index (χ2v) is 5.07. The Hall–Kier alpha value is -2.24. The Morgan fingerprint density at radius 3 is 2.86 bits per heavy atom. The number of aromatic nitrogens is 3. The fourth-order valence-corrected chi connectivity index (χ4v) is 2.33. The van der Waals surface area contributed by atoms with Gasteiger partial charge in [-0.05, 0) is 25.8 Å². The first-order valence-electron chi connectivity index (χ1n) is 7.04. The highest BCUT2D eigenvalue weighted by atomic mass is 19.1. The van der Waals surface area contributed by atoms with Crippen LogP contribution in [0.2, 0.25) is 0 Å². The minimum atomic E-state index is -0.459. The van der Waals surface area contributed by atoms with Gasteiger partial charge in [0.1, 0.15) is 5.82 Å². The molecule has 0 radical (unpaired) electrons. The number of ether oxygens (including phenoxy) is 1. The lowest BCUT2D eigenvalue weighted by Gasteiger charge is -2.07. The third-order valence-corrected chi connectivity index (χ3v) is 3.48. The molecule has 3 rings (SSSR count). The van der Waals surface area contributed by atoms with E-state index in [-0.39, 0.29) is 24.0 Å². The molecule has 6 heteroatoms. The van der Waals surface area contributed by atoms with Gasteiger partial charge in [0.05, 0.1) is 18.8 Å². The zero-order chi connectivity index (χ0) is 14.8.